The zero-order chi connectivity index (χ0) is 65.0. The van der Waals surface area contributed by atoms with Crippen LogP contribution < -0.4 is 24.6 Å². The van der Waals surface area contributed by atoms with Crippen molar-refractivity contribution in [1.82, 2.24) is 45.1 Å². The lowest BCUT2D eigenvalue weighted by Crippen LogP contribution is -2.57. The number of pyridine rings is 1. The van der Waals surface area contributed by atoms with E-state index in [-0.39, 0.29) is 84.3 Å². The van der Waals surface area contributed by atoms with E-state index in [9.17, 15) is 19.5 Å². The average molecular weight is 1290 g/mol. The van der Waals surface area contributed by atoms with Crippen LogP contribution in [0.5, 0.6) is 11.8 Å². The van der Waals surface area contributed by atoms with Crippen molar-refractivity contribution in [2.24, 2.45) is 23.2 Å². The van der Waals surface area contributed by atoms with E-state index in [0.717, 1.165) is 122 Å². The largest absolute Gasteiger partial charge is 0.468 e. The summed E-state index contributed by atoms with van der Waals surface area (Å²) < 4.78 is 47.5. The molecule has 0 radical (unpaired) electrons. The van der Waals surface area contributed by atoms with Gasteiger partial charge in [-0.3, -0.25) is 19.5 Å². The Bertz CT molecular complexity index is 3860. The van der Waals surface area contributed by atoms with E-state index in [0.29, 0.717) is 65.6 Å². The van der Waals surface area contributed by atoms with Gasteiger partial charge in [0, 0.05) is 76.0 Å². The number of likely N-dealkylation sites (tertiary alicyclic amines) is 2. The van der Waals surface area contributed by atoms with E-state index in [1.54, 1.807) is 24.6 Å². The molecule has 1 saturated carbocycles. The number of amides is 3. The summed E-state index contributed by atoms with van der Waals surface area (Å²) in [6.45, 7) is 21.7. The highest BCUT2D eigenvalue weighted by atomic mass is 32.1. The van der Waals surface area contributed by atoms with E-state index in [4.69, 9.17) is 38.4 Å². The number of hydrogen-bond acceptors (Lipinski definition) is 18. The molecule has 3 aromatic carbocycles. The first-order chi connectivity index (χ1) is 44.7. The molecule has 5 aliphatic heterocycles. The second-order valence-electron chi connectivity index (χ2n) is 28.4. The van der Waals surface area contributed by atoms with Crippen LogP contribution >= 0.6 is 11.3 Å². The topological polar surface area (TPSA) is 214 Å². The van der Waals surface area contributed by atoms with Gasteiger partial charge in [0.25, 0.3) is 0 Å². The standard InChI is InChI=1S/C71H88FN11O9S/c1-10-46-12-11-13-49-27-53(90-40-88-9)29-54(60(46)49)62-61(72)63-55(31-73-62)65(81-34-50-18-19-51(35-81)83(50)69(87)91-70(6,7)8)77-68(76-63)89-38-71(22-23-71)37-79-24-20-44(21-25-79)26-45-32-80(33-45)58-30-57(92-78-58)59(41(2)3)67(86)82-36-52(84)28-56(82)66(85)75-42(4)47-14-16-48(17-15-47)64-43(5)74-39-93-64/h11-17,27,29-31,39,41-42,44-45,50-52,56,59,84H,10,18-26,28,32-38,40H2,1-9H3,(H,75,85)/t42-,50?,51?,52+,56-,59-/m0/s1. The summed E-state index contributed by atoms with van der Waals surface area (Å²) >= 11 is 1.59. The number of anilines is 2. The summed E-state index contributed by atoms with van der Waals surface area (Å²) in [5, 5.41) is 20.7. The van der Waals surface area contributed by atoms with Crippen LogP contribution in [0.2, 0.25) is 0 Å². The molecule has 22 heteroatoms. The predicted octanol–water partition coefficient (Wildman–Crippen LogP) is 11.5. The molecule has 5 saturated heterocycles. The number of aliphatic hydroxyl groups excluding tert-OH is 1. The molecule has 20 nitrogen and oxygen atoms in total. The number of nitrogens with zero attached hydrogens (tertiary/aromatic N) is 10. The fraction of sp³-hybridized carbons (Fsp3) is 0.549. The third-order valence-corrected chi connectivity index (χ3v) is 21.1. The molecule has 6 fully saturated rings. The summed E-state index contributed by atoms with van der Waals surface area (Å²) in [5.41, 5.74) is 6.03. The van der Waals surface area contributed by atoms with Gasteiger partial charge in [-0.05, 0) is 156 Å². The number of aliphatic hydroxyl groups is 1. The maximum atomic E-state index is 17.8. The second-order valence-corrected chi connectivity index (χ2v) is 29.3. The molecule has 1 aliphatic carbocycles. The monoisotopic (exact) mass is 1290 g/mol. The van der Waals surface area contributed by atoms with E-state index >= 15 is 4.39 Å². The Morgan fingerprint density at radius 1 is 0.903 bits per heavy atom. The van der Waals surface area contributed by atoms with Gasteiger partial charge in [0.1, 0.15) is 40.3 Å². The molecule has 6 aliphatic rings. The van der Waals surface area contributed by atoms with Gasteiger partial charge in [0.05, 0.1) is 52.3 Å². The van der Waals surface area contributed by atoms with Crippen molar-refractivity contribution >= 4 is 62.6 Å². The molecular formula is C71H88FN11O9S. The van der Waals surface area contributed by atoms with Crippen LogP contribution in [0.4, 0.5) is 20.8 Å². The van der Waals surface area contributed by atoms with E-state index < -0.39 is 29.5 Å². The second kappa shape index (κ2) is 26.3. The van der Waals surface area contributed by atoms with Crippen molar-refractivity contribution in [2.45, 2.75) is 155 Å². The Morgan fingerprint density at radius 2 is 1.66 bits per heavy atom. The Hall–Kier alpha value is -7.53. The molecule has 7 aromatic rings. The first-order valence-electron chi connectivity index (χ1n) is 33.4. The van der Waals surface area contributed by atoms with Crippen molar-refractivity contribution in [1.29, 1.82) is 0 Å². The van der Waals surface area contributed by atoms with Crippen LogP contribution in [-0.4, -0.2) is 166 Å². The molecule has 6 atom stereocenters. The summed E-state index contributed by atoms with van der Waals surface area (Å²) in [4.78, 5) is 72.7. The van der Waals surface area contributed by atoms with Gasteiger partial charge in [-0.15, -0.1) is 11.3 Å². The average Bonchev–Trinajstić information content (AvgIpc) is 1.56. The number of fused-ring (bicyclic) bond motifs is 4. The number of nitrogens with one attached hydrogen (secondary N) is 1. The molecule has 13 rings (SSSR count). The minimum Gasteiger partial charge on any atom is -0.468 e. The van der Waals surface area contributed by atoms with Crippen molar-refractivity contribution in [3.05, 3.63) is 101 Å². The smallest absolute Gasteiger partial charge is 0.410 e. The number of piperidine rings is 1. The number of thiazole rings is 1. The first-order valence-corrected chi connectivity index (χ1v) is 34.3. The Balaban J connectivity index is 0.634. The van der Waals surface area contributed by atoms with E-state index in [1.165, 1.54) is 4.90 Å². The third kappa shape index (κ3) is 13.5. The number of carbonyl (C=O) groups is 3. The van der Waals surface area contributed by atoms with E-state index in [2.05, 4.69) is 43.1 Å². The van der Waals surface area contributed by atoms with Gasteiger partial charge in [-0.1, -0.05) is 68.4 Å². The lowest BCUT2D eigenvalue weighted by Gasteiger charge is -2.42. The molecule has 4 aromatic heterocycles. The van der Waals surface area contributed by atoms with Crippen molar-refractivity contribution in [3.63, 3.8) is 0 Å². The number of piperazine rings is 1. The van der Waals surface area contributed by atoms with Crippen LogP contribution in [-0.2, 0) is 25.5 Å². The molecular weight excluding hydrogens is 1200 g/mol. The third-order valence-electron chi connectivity index (χ3n) is 20.1. The molecule has 2 bridgehead atoms. The van der Waals surface area contributed by atoms with Gasteiger partial charge in [0.2, 0.25) is 11.8 Å². The lowest BCUT2D eigenvalue weighted by atomic mass is 9.83. The predicted molar refractivity (Wildman–Crippen MR) is 355 cm³/mol. The van der Waals surface area contributed by atoms with E-state index in [1.807, 2.05) is 113 Å². The Morgan fingerprint density at radius 3 is 2.33 bits per heavy atom. The van der Waals surface area contributed by atoms with Gasteiger partial charge in [-0.25, -0.2) is 14.2 Å². The number of ether oxygens (including phenoxy) is 4. The highest BCUT2D eigenvalue weighted by Crippen LogP contribution is 2.48. The summed E-state index contributed by atoms with van der Waals surface area (Å²) in [7, 11) is 1.56. The van der Waals surface area contributed by atoms with Gasteiger partial charge in [0.15, 0.2) is 24.2 Å². The number of aryl methyl sites for hydroxylation is 2. The van der Waals surface area contributed by atoms with Gasteiger partial charge < -0.3 is 53.5 Å². The number of benzene rings is 3. The van der Waals surface area contributed by atoms with Crippen LogP contribution in [0.1, 0.15) is 134 Å². The molecule has 3 amide bonds. The molecule has 0 spiro atoms. The van der Waals surface area contributed by atoms with Crippen LogP contribution in [0, 0.1) is 35.9 Å². The highest BCUT2D eigenvalue weighted by Gasteiger charge is 2.48. The highest BCUT2D eigenvalue weighted by molar-refractivity contribution is 7.13. The maximum absolute atomic E-state index is 17.8. The normalized spacial score (nSPS) is 21.6. The first kappa shape index (κ1) is 64.2. The molecule has 93 heavy (non-hydrogen) atoms. The number of rotatable bonds is 21. The van der Waals surface area contributed by atoms with Crippen LogP contribution in [0.3, 0.4) is 0 Å². The Labute approximate surface area is 547 Å². The van der Waals surface area contributed by atoms with Crippen molar-refractivity contribution in [3.8, 4) is 33.5 Å². The van der Waals surface area contributed by atoms with Crippen molar-refractivity contribution < 1.29 is 47.4 Å². The molecule has 2 unspecified atom stereocenters. The van der Waals surface area contributed by atoms with Gasteiger partial charge >= 0.3 is 12.1 Å². The van der Waals surface area contributed by atoms with Crippen LogP contribution in [0.25, 0.3) is 43.4 Å². The van der Waals surface area contributed by atoms with Crippen LogP contribution in [0.15, 0.2) is 76.9 Å². The van der Waals surface area contributed by atoms with Gasteiger partial charge in [-0.2, -0.15) is 9.97 Å². The minimum atomic E-state index is -0.823. The lowest BCUT2D eigenvalue weighted by molar-refractivity contribution is -0.141. The summed E-state index contributed by atoms with van der Waals surface area (Å²) in [5.74, 6) is 1.40. The zero-order valence-corrected chi connectivity index (χ0v) is 55.8. The SMILES string of the molecule is CCc1cccc2cc(OCOC)cc(-c3ncc4c(N5CC6CCC(C5)N6C(=O)OC(C)(C)C)nc(OCC5(CN6CCC(CC7CN(c8cc([C@@H](C(=O)N9C[C@H](O)C[C@H]9C(=O)N[C@@H](C)c9ccc(-c%10scnc%10C)cc9)C(C)C)on8)C7)CC6)CC5)nc4c3F)c12. The maximum Gasteiger partial charge on any atom is 0.410 e. The number of aromatic nitrogens is 5. The molecule has 9 heterocycles. The summed E-state index contributed by atoms with van der Waals surface area (Å²) in [6.07, 6.45) is 8.43. The van der Waals surface area contributed by atoms with Crippen molar-refractivity contribution in [2.75, 3.05) is 82.7 Å². The number of halogens is 1. The number of hydrogen-bond donors (Lipinski definition) is 2. The quantitative estimate of drug-likeness (QED) is 0.0640. The summed E-state index contributed by atoms with van der Waals surface area (Å²) in [6, 6.07) is 18.6. The number of β-amino-alcohol motifs (C(OH)–C–C–N with tert-alkyl or cyclic N) is 1. The zero-order valence-electron chi connectivity index (χ0n) is 55.0. The minimum absolute atomic E-state index is 0.0296. The molecule has 494 valence electrons. The molecule has 2 N–H and O–H groups in total. The Kier molecular flexibility index (Phi) is 18.2. The number of methoxy groups -OCH3 is 1. The fourth-order valence-corrected chi connectivity index (χ4v) is 15.8. The fourth-order valence-electron chi connectivity index (χ4n) is 15.0. The number of carbonyl (C=O) groups excluding carboxylic acids is 3.